The van der Waals surface area contributed by atoms with Gasteiger partial charge < -0.3 is 29.9 Å². The highest BCUT2D eigenvalue weighted by Gasteiger charge is 2.36. The highest BCUT2D eigenvalue weighted by atomic mass is 32.2. The molecule has 46 heavy (non-hydrogen) atoms. The number of hydrogen-bond acceptors (Lipinski definition) is 7. The maximum Gasteiger partial charge on any atom is 0.410 e. The molecular formula is C35H47N5O5S. The van der Waals surface area contributed by atoms with Gasteiger partial charge in [0.1, 0.15) is 5.75 Å². The number of carbonyl (C=O) groups is 3. The van der Waals surface area contributed by atoms with Gasteiger partial charge in [0.15, 0.2) is 6.10 Å². The van der Waals surface area contributed by atoms with E-state index in [0.29, 0.717) is 51.6 Å². The van der Waals surface area contributed by atoms with Gasteiger partial charge >= 0.3 is 12.1 Å². The molecular weight excluding hydrogens is 602 g/mol. The average Bonchev–Trinajstić information content (AvgIpc) is 3.25. The molecule has 1 atom stereocenters. The minimum absolute atomic E-state index is 0.0264. The summed E-state index contributed by atoms with van der Waals surface area (Å²) in [6.07, 6.45) is 2.75. The van der Waals surface area contributed by atoms with Crippen molar-refractivity contribution in [2.24, 2.45) is 0 Å². The minimum Gasteiger partial charge on any atom is -0.507 e. The summed E-state index contributed by atoms with van der Waals surface area (Å²) < 4.78 is 6.05. The second-order valence-corrected chi connectivity index (χ2v) is 14.3. The number of ether oxygens (including phenoxy) is 1. The van der Waals surface area contributed by atoms with Crippen molar-refractivity contribution >= 4 is 35.5 Å². The van der Waals surface area contributed by atoms with Crippen molar-refractivity contribution in [3.8, 4) is 5.75 Å². The number of carbonyl (C=O) groups excluding carboxylic acids is 3. The molecule has 0 aromatic heterocycles. The number of nitrogens with one attached hydrogen (secondary N) is 1. The topological polar surface area (TPSA) is 106 Å². The number of hydrogen-bond donors (Lipinski definition) is 2. The Hall–Kier alpha value is -3.44. The van der Waals surface area contributed by atoms with Crippen molar-refractivity contribution in [1.29, 1.82) is 0 Å². The lowest BCUT2D eigenvalue weighted by Crippen LogP contribution is -2.53. The third kappa shape index (κ3) is 7.41. The van der Waals surface area contributed by atoms with Crippen LogP contribution in [0.5, 0.6) is 5.75 Å². The lowest BCUT2D eigenvalue weighted by molar-refractivity contribution is -0.142. The highest BCUT2D eigenvalue weighted by molar-refractivity contribution is 7.99. The van der Waals surface area contributed by atoms with Crippen LogP contribution >= 0.6 is 11.8 Å². The van der Waals surface area contributed by atoms with Crippen LogP contribution in [0.2, 0.25) is 0 Å². The first-order valence-electron chi connectivity index (χ1n) is 16.8. The average molecular weight is 650 g/mol. The molecule has 0 bridgehead atoms. The number of aryl methyl sites for hydroxylation is 2. The molecule has 4 amide bonds. The monoisotopic (exact) mass is 649 g/mol. The summed E-state index contributed by atoms with van der Waals surface area (Å²) in [6, 6.07) is 12.1. The van der Waals surface area contributed by atoms with Crippen molar-refractivity contribution in [3.63, 3.8) is 0 Å². The Balaban J connectivity index is 1.09. The number of amides is 4. The number of benzene rings is 2. The molecule has 0 radical (unpaired) electrons. The molecule has 4 aliphatic rings. The first-order valence-corrected chi connectivity index (χ1v) is 17.9. The number of urea groups is 1. The molecule has 2 N–H and O–H groups in total. The fourth-order valence-corrected chi connectivity index (χ4v) is 8.38. The van der Waals surface area contributed by atoms with E-state index in [4.69, 9.17) is 4.74 Å². The fourth-order valence-electron chi connectivity index (χ4n) is 7.45. The number of thioether (sulfide) groups is 1. The molecule has 0 saturated carbocycles. The number of likely N-dealkylation sites (tertiary alicyclic amines) is 2. The molecule has 2 aromatic carbocycles. The number of nitrogens with zero attached hydrogens (tertiary/aromatic N) is 4. The van der Waals surface area contributed by atoms with Crippen LogP contribution in [0.4, 0.5) is 15.3 Å². The van der Waals surface area contributed by atoms with Crippen molar-refractivity contribution in [1.82, 2.24) is 19.6 Å². The Morgan fingerprint density at radius 3 is 2.24 bits per heavy atom. The van der Waals surface area contributed by atoms with Crippen molar-refractivity contribution in [2.45, 2.75) is 70.6 Å². The van der Waals surface area contributed by atoms with Crippen LogP contribution in [0.3, 0.4) is 0 Å². The van der Waals surface area contributed by atoms with Gasteiger partial charge in [0.2, 0.25) is 0 Å². The predicted molar refractivity (Wildman–Crippen MR) is 181 cm³/mol. The Morgan fingerprint density at radius 2 is 1.54 bits per heavy atom. The summed E-state index contributed by atoms with van der Waals surface area (Å²) in [5.41, 5.74) is 4.31. The molecule has 11 heteroatoms. The molecule has 0 aliphatic carbocycles. The van der Waals surface area contributed by atoms with Gasteiger partial charge in [-0.3, -0.25) is 9.69 Å². The summed E-state index contributed by atoms with van der Waals surface area (Å²) >= 11 is 2.00. The van der Waals surface area contributed by atoms with Crippen LogP contribution in [0.15, 0.2) is 36.4 Å². The van der Waals surface area contributed by atoms with Crippen LogP contribution < -0.4 is 5.32 Å². The number of anilines is 1. The van der Waals surface area contributed by atoms with Crippen molar-refractivity contribution < 1.29 is 24.2 Å². The first-order chi connectivity index (χ1) is 22.3. The smallest absolute Gasteiger partial charge is 0.410 e. The Morgan fingerprint density at radius 1 is 0.913 bits per heavy atom. The number of piperidine rings is 2. The van der Waals surface area contributed by atoms with E-state index in [0.717, 1.165) is 60.3 Å². The van der Waals surface area contributed by atoms with Gasteiger partial charge in [-0.1, -0.05) is 30.3 Å². The zero-order valence-corrected chi connectivity index (χ0v) is 27.9. The third-order valence-corrected chi connectivity index (χ3v) is 11.1. The van der Waals surface area contributed by atoms with Gasteiger partial charge in [0.05, 0.1) is 0 Å². The van der Waals surface area contributed by atoms with E-state index in [2.05, 4.69) is 10.2 Å². The minimum atomic E-state index is -0.952. The maximum atomic E-state index is 14.0. The Labute approximate surface area is 276 Å². The number of rotatable bonds is 6. The van der Waals surface area contributed by atoms with Gasteiger partial charge in [0.25, 0.3) is 5.91 Å². The van der Waals surface area contributed by atoms with Crippen LogP contribution in [0, 0.1) is 13.8 Å². The Bertz CT molecular complexity index is 1390. The third-order valence-electron chi connectivity index (χ3n) is 10.1. The van der Waals surface area contributed by atoms with Gasteiger partial charge in [0, 0.05) is 81.5 Å². The van der Waals surface area contributed by atoms with Crippen LogP contribution in [-0.2, 0) is 22.4 Å². The van der Waals surface area contributed by atoms with E-state index in [1.165, 1.54) is 11.5 Å². The standard InChI is InChI=1S/C35H47N5O5S/c1-24-21-26(22-25(2)32(24)41)23-31(33(42)38-12-8-28(9-13-38)37-17-19-46-20-18-37)45-35(44)39-14-10-29(11-15-39)40-16-7-27-5-3-4-6-30(27)36-34(40)43/h3-6,21-22,28-29,31,41H,7-20,23H2,1-2H3,(H,36,43)/t31-/m1/s1. The van der Waals surface area contributed by atoms with Gasteiger partial charge in [-0.15, -0.1) is 0 Å². The summed E-state index contributed by atoms with van der Waals surface area (Å²) in [5, 5.41) is 13.4. The number of aromatic hydroxyl groups is 1. The molecule has 0 unspecified atom stereocenters. The van der Waals surface area contributed by atoms with Gasteiger partial charge in [-0.25, -0.2) is 9.59 Å². The van der Waals surface area contributed by atoms with Crippen molar-refractivity contribution in [2.75, 3.05) is 62.6 Å². The van der Waals surface area contributed by atoms with E-state index >= 15 is 0 Å². The predicted octanol–water partition coefficient (Wildman–Crippen LogP) is 4.65. The molecule has 10 nitrogen and oxygen atoms in total. The van der Waals surface area contributed by atoms with Crippen LogP contribution in [0.25, 0.3) is 0 Å². The molecule has 4 heterocycles. The van der Waals surface area contributed by atoms with E-state index in [1.54, 1.807) is 4.90 Å². The number of phenols is 1. The zero-order chi connectivity index (χ0) is 32.2. The molecule has 6 rings (SSSR count). The zero-order valence-electron chi connectivity index (χ0n) is 27.1. The van der Waals surface area contributed by atoms with Crippen LogP contribution in [-0.4, -0.2) is 118 Å². The van der Waals surface area contributed by atoms with Crippen molar-refractivity contribution in [3.05, 3.63) is 58.7 Å². The molecule has 248 valence electrons. The SMILES string of the molecule is Cc1cc(C[C@@H](OC(=O)N2CCC(N3CCc4ccccc4NC3=O)CC2)C(=O)N2CCC(N3CCSCC3)CC2)cc(C)c1O. The summed E-state index contributed by atoms with van der Waals surface area (Å²) in [7, 11) is 0. The van der Waals surface area contributed by atoms with E-state index in [-0.39, 0.29) is 30.2 Å². The summed E-state index contributed by atoms with van der Waals surface area (Å²) in [6.45, 7) is 8.75. The lowest BCUT2D eigenvalue weighted by atomic mass is 9.99. The Kier molecular flexibility index (Phi) is 10.3. The molecule has 3 saturated heterocycles. The number of phenolic OH excluding ortho intramolecular Hbond substituents is 1. The van der Waals surface area contributed by atoms with E-state index in [9.17, 15) is 19.5 Å². The van der Waals surface area contributed by atoms with E-state index < -0.39 is 12.2 Å². The quantitative estimate of drug-likeness (QED) is 0.470. The normalized spacial score (nSPS) is 20.9. The maximum absolute atomic E-state index is 14.0. The number of para-hydroxylation sites is 1. The molecule has 2 aromatic rings. The summed E-state index contributed by atoms with van der Waals surface area (Å²) in [4.78, 5) is 48.6. The second-order valence-electron chi connectivity index (χ2n) is 13.1. The largest absolute Gasteiger partial charge is 0.507 e. The fraction of sp³-hybridized carbons (Fsp3) is 0.571. The highest BCUT2D eigenvalue weighted by Crippen LogP contribution is 2.28. The van der Waals surface area contributed by atoms with Crippen LogP contribution in [0.1, 0.15) is 47.9 Å². The second kappa shape index (κ2) is 14.5. The molecule has 3 fully saturated rings. The van der Waals surface area contributed by atoms with Gasteiger partial charge in [-0.05, 0) is 74.3 Å². The number of fused-ring (bicyclic) bond motifs is 1. The van der Waals surface area contributed by atoms with Gasteiger partial charge in [-0.2, -0.15) is 11.8 Å². The lowest BCUT2D eigenvalue weighted by Gasteiger charge is -2.41. The van der Waals surface area contributed by atoms with E-state index in [1.807, 2.05) is 71.8 Å². The molecule has 4 aliphatic heterocycles. The first kappa shape index (κ1) is 32.5. The molecule has 0 spiro atoms. The summed E-state index contributed by atoms with van der Waals surface area (Å²) in [5.74, 6) is 2.42.